The van der Waals surface area contributed by atoms with E-state index in [2.05, 4.69) is 27.8 Å². The van der Waals surface area contributed by atoms with E-state index in [9.17, 15) is 0 Å². The maximum atomic E-state index is 5.66. The van der Waals surface area contributed by atoms with Gasteiger partial charge in [0.1, 0.15) is 5.75 Å². The van der Waals surface area contributed by atoms with Gasteiger partial charge in [0.2, 0.25) is 5.95 Å². The molecule has 6 heteroatoms. The lowest BCUT2D eigenvalue weighted by molar-refractivity contribution is 0.414. The Morgan fingerprint density at radius 2 is 1.82 bits per heavy atom. The topological polar surface area (TPSA) is 85.1 Å². The predicted octanol–water partition coefficient (Wildman–Crippen LogP) is 3.53. The number of methoxy groups -OCH3 is 1. The second-order valence-electron chi connectivity index (χ2n) is 6.98. The molecule has 1 saturated carbocycles. The number of nitrogens with zero attached hydrogens (tertiary/aromatic N) is 2. The third-order valence-corrected chi connectivity index (χ3v) is 4.85. The van der Waals surface area contributed by atoms with Gasteiger partial charge in [-0.3, -0.25) is 0 Å². The highest BCUT2D eigenvalue weighted by atomic mass is 16.5. The molecule has 1 fully saturated rings. The summed E-state index contributed by atoms with van der Waals surface area (Å²) in [5.41, 5.74) is 9.79. The summed E-state index contributed by atoms with van der Waals surface area (Å²) < 4.78 is 5.29. The minimum Gasteiger partial charge on any atom is -0.497 e. The van der Waals surface area contributed by atoms with Gasteiger partial charge < -0.3 is 21.1 Å². The normalized spacial score (nSPS) is 14.5. The summed E-state index contributed by atoms with van der Waals surface area (Å²) in [6, 6.07) is 18.6. The Morgan fingerprint density at radius 3 is 2.46 bits per heavy atom. The van der Waals surface area contributed by atoms with Crippen molar-refractivity contribution < 1.29 is 4.74 Å². The van der Waals surface area contributed by atoms with Gasteiger partial charge in [-0.25, -0.2) is 9.97 Å². The van der Waals surface area contributed by atoms with Gasteiger partial charge in [0.25, 0.3) is 0 Å². The van der Waals surface area contributed by atoms with Crippen LogP contribution in [0.3, 0.4) is 0 Å². The summed E-state index contributed by atoms with van der Waals surface area (Å²) in [7, 11) is 1.68. The first-order chi connectivity index (χ1) is 13.7. The monoisotopic (exact) mass is 375 g/mol. The van der Waals surface area contributed by atoms with E-state index in [0.717, 1.165) is 28.3 Å². The molecular formula is C22H25N5O. The van der Waals surface area contributed by atoms with E-state index in [1.54, 1.807) is 13.3 Å². The van der Waals surface area contributed by atoms with Crippen LogP contribution in [0.2, 0.25) is 0 Å². The highest BCUT2D eigenvalue weighted by Gasteiger charge is 2.27. The largest absolute Gasteiger partial charge is 0.497 e. The van der Waals surface area contributed by atoms with Crippen LogP contribution in [0.25, 0.3) is 0 Å². The second-order valence-corrected chi connectivity index (χ2v) is 6.98. The maximum Gasteiger partial charge on any atom is 0.227 e. The minimum atomic E-state index is 0.0153. The molecule has 0 spiro atoms. The average Bonchev–Trinajstić information content (AvgIpc) is 3.57. The van der Waals surface area contributed by atoms with Crippen molar-refractivity contribution in [1.82, 2.24) is 15.3 Å². The van der Waals surface area contributed by atoms with Gasteiger partial charge in [0.15, 0.2) is 0 Å². The number of aromatic nitrogens is 2. The van der Waals surface area contributed by atoms with Crippen molar-refractivity contribution in [2.45, 2.75) is 31.5 Å². The van der Waals surface area contributed by atoms with Gasteiger partial charge in [-0.2, -0.15) is 0 Å². The van der Waals surface area contributed by atoms with E-state index in [1.807, 2.05) is 42.5 Å². The second kappa shape index (κ2) is 8.37. The predicted molar refractivity (Wildman–Crippen MR) is 111 cm³/mol. The smallest absolute Gasteiger partial charge is 0.227 e. The number of hydrogen-bond donors (Lipinski definition) is 3. The van der Waals surface area contributed by atoms with Crippen LogP contribution in [-0.4, -0.2) is 23.1 Å². The molecule has 28 heavy (non-hydrogen) atoms. The lowest BCUT2D eigenvalue weighted by Gasteiger charge is -2.19. The first kappa shape index (κ1) is 18.4. The summed E-state index contributed by atoms with van der Waals surface area (Å²) in [5, 5.41) is 6.97. The fraction of sp³-hybridized carbons (Fsp3) is 0.273. The van der Waals surface area contributed by atoms with Crippen molar-refractivity contribution in [3.8, 4) is 5.75 Å². The Balaban J connectivity index is 1.58. The van der Waals surface area contributed by atoms with Gasteiger partial charge in [-0.05, 0) is 54.3 Å². The Bertz CT molecular complexity index is 907. The number of anilines is 2. The number of nitrogens with two attached hydrogens (primary N) is 1. The van der Waals surface area contributed by atoms with Crippen molar-refractivity contribution >= 4 is 11.6 Å². The Morgan fingerprint density at radius 1 is 1.07 bits per heavy atom. The van der Waals surface area contributed by atoms with Crippen LogP contribution < -0.4 is 21.1 Å². The summed E-state index contributed by atoms with van der Waals surface area (Å²) in [6.07, 6.45) is 4.21. The molecule has 1 aliphatic rings. The molecule has 0 bridgehead atoms. The van der Waals surface area contributed by atoms with Gasteiger partial charge >= 0.3 is 0 Å². The third-order valence-electron chi connectivity index (χ3n) is 4.85. The molecule has 1 heterocycles. The van der Waals surface area contributed by atoms with E-state index < -0.39 is 0 Å². The standard InChI is InChI=1S/C22H25N5O/c1-28-19-10-4-16(5-11-19)21(25-17-8-9-17)20-12-13-24-22(27-20)26-18-6-2-15(14-23)3-7-18/h2-7,10-13,17,21,25H,8-9,14,23H2,1H3,(H,24,26,27). The highest BCUT2D eigenvalue weighted by molar-refractivity contribution is 5.53. The van der Waals surface area contributed by atoms with Crippen LogP contribution in [0.5, 0.6) is 5.75 Å². The molecule has 1 atom stereocenters. The van der Waals surface area contributed by atoms with Gasteiger partial charge in [-0.1, -0.05) is 24.3 Å². The molecule has 4 rings (SSSR count). The molecule has 1 aromatic heterocycles. The van der Waals surface area contributed by atoms with Crippen LogP contribution in [0.1, 0.15) is 35.7 Å². The number of hydrogen-bond acceptors (Lipinski definition) is 6. The van der Waals surface area contributed by atoms with Crippen molar-refractivity contribution in [1.29, 1.82) is 0 Å². The van der Waals surface area contributed by atoms with E-state index in [4.69, 9.17) is 15.5 Å². The van der Waals surface area contributed by atoms with Crippen molar-refractivity contribution in [2.75, 3.05) is 12.4 Å². The van der Waals surface area contributed by atoms with E-state index >= 15 is 0 Å². The van der Waals surface area contributed by atoms with E-state index in [-0.39, 0.29) is 6.04 Å². The zero-order valence-electron chi connectivity index (χ0n) is 15.9. The Kier molecular flexibility index (Phi) is 5.50. The van der Waals surface area contributed by atoms with E-state index in [1.165, 1.54) is 12.8 Å². The van der Waals surface area contributed by atoms with Gasteiger partial charge in [0, 0.05) is 24.5 Å². The summed E-state index contributed by atoms with van der Waals surface area (Å²) in [5.74, 6) is 1.42. The quantitative estimate of drug-likeness (QED) is 0.558. The average molecular weight is 375 g/mol. The molecule has 144 valence electrons. The Hall–Kier alpha value is -2.96. The number of benzene rings is 2. The molecular weight excluding hydrogens is 350 g/mol. The van der Waals surface area contributed by atoms with Crippen LogP contribution in [0, 0.1) is 0 Å². The molecule has 0 saturated heterocycles. The fourth-order valence-corrected chi connectivity index (χ4v) is 3.08. The molecule has 2 aromatic carbocycles. The molecule has 3 aromatic rings. The molecule has 6 nitrogen and oxygen atoms in total. The van der Waals surface area contributed by atoms with Crippen LogP contribution in [0.4, 0.5) is 11.6 Å². The Labute approximate surface area is 165 Å². The molecule has 1 aliphatic carbocycles. The number of ether oxygens (including phenoxy) is 1. The summed E-state index contributed by atoms with van der Waals surface area (Å²) in [4.78, 5) is 9.15. The van der Waals surface area contributed by atoms with E-state index in [0.29, 0.717) is 18.5 Å². The van der Waals surface area contributed by atoms with Crippen molar-refractivity contribution in [3.05, 3.63) is 77.6 Å². The molecule has 0 aliphatic heterocycles. The lowest BCUT2D eigenvalue weighted by Crippen LogP contribution is -2.25. The van der Waals surface area contributed by atoms with Crippen LogP contribution in [-0.2, 0) is 6.54 Å². The van der Waals surface area contributed by atoms with Gasteiger partial charge in [0.05, 0.1) is 18.8 Å². The zero-order chi connectivity index (χ0) is 19.3. The molecule has 1 unspecified atom stereocenters. The zero-order valence-corrected chi connectivity index (χ0v) is 15.9. The lowest BCUT2D eigenvalue weighted by atomic mass is 10.0. The maximum absolute atomic E-state index is 5.66. The van der Waals surface area contributed by atoms with Crippen molar-refractivity contribution in [2.24, 2.45) is 5.73 Å². The van der Waals surface area contributed by atoms with Crippen LogP contribution in [0.15, 0.2) is 60.8 Å². The first-order valence-electron chi connectivity index (χ1n) is 9.54. The molecule has 0 amide bonds. The number of rotatable bonds is 8. The van der Waals surface area contributed by atoms with Gasteiger partial charge in [-0.15, -0.1) is 0 Å². The minimum absolute atomic E-state index is 0.0153. The SMILES string of the molecule is COc1ccc(C(NC2CC2)c2ccnc(Nc3ccc(CN)cc3)n2)cc1. The number of nitrogens with one attached hydrogen (secondary N) is 2. The summed E-state index contributed by atoms with van der Waals surface area (Å²) >= 11 is 0. The summed E-state index contributed by atoms with van der Waals surface area (Å²) in [6.45, 7) is 0.530. The third kappa shape index (κ3) is 4.47. The van der Waals surface area contributed by atoms with Crippen molar-refractivity contribution in [3.63, 3.8) is 0 Å². The first-order valence-corrected chi connectivity index (χ1v) is 9.54. The molecule has 0 radical (unpaired) electrons. The van der Waals surface area contributed by atoms with Crippen LogP contribution >= 0.6 is 0 Å². The fourth-order valence-electron chi connectivity index (χ4n) is 3.08. The highest BCUT2D eigenvalue weighted by Crippen LogP contribution is 2.29. The molecule has 4 N–H and O–H groups in total.